The minimum absolute atomic E-state index is 0.0114. The number of hydrogen-bond acceptors (Lipinski definition) is 6. The molecule has 0 aliphatic heterocycles. The standard InChI is InChI=1S/C25H21NO6/c1-16-20(27)13-12-19-23(16)32-25(29)22(24(19)31-14-17-8-4-2-5-9-17)26-21(28)15-30-18-10-6-3-7-11-18/h2-13,27H,14-15H2,1H3,(H,26,28). The Hall–Kier alpha value is -4.26. The third-order valence-electron chi connectivity index (χ3n) is 4.85. The molecule has 32 heavy (non-hydrogen) atoms. The molecule has 0 aliphatic carbocycles. The van der Waals surface area contributed by atoms with Gasteiger partial charge in [0, 0.05) is 5.56 Å². The minimum Gasteiger partial charge on any atom is -0.508 e. The lowest BCUT2D eigenvalue weighted by atomic mass is 10.1. The maximum absolute atomic E-state index is 12.8. The van der Waals surface area contributed by atoms with Crippen molar-refractivity contribution in [2.45, 2.75) is 13.5 Å². The molecule has 0 bridgehead atoms. The first-order chi connectivity index (χ1) is 15.5. The van der Waals surface area contributed by atoms with E-state index in [9.17, 15) is 14.7 Å². The summed E-state index contributed by atoms with van der Waals surface area (Å²) in [6, 6.07) is 21.3. The molecule has 0 aliphatic rings. The fourth-order valence-corrected chi connectivity index (χ4v) is 3.19. The molecule has 0 spiro atoms. The molecule has 0 radical (unpaired) electrons. The molecule has 7 nitrogen and oxygen atoms in total. The first-order valence-corrected chi connectivity index (χ1v) is 9.96. The number of phenolic OH excluding ortho intramolecular Hbond substituents is 1. The lowest BCUT2D eigenvalue weighted by molar-refractivity contribution is -0.118. The summed E-state index contributed by atoms with van der Waals surface area (Å²) in [6.07, 6.45) is 0. The molecule has 0 unspecified atom stereocenters. The van der Waals surface area contributed by atoms with Crippen molar-refractivity contribution in [1.29, 1.82) is 0 Å². The van der Waals surface area contributed by atoms with Crippen molar-refractivity contribution >= 4 is 22.6 Å². The summed E-state index contributed by atoms with van der Waals surface area (Å²) in [5, 5.41) is 13.0. The number of para-hydroxylation sites is 1. The molecular formula is C25H21NO6. The van der Waals surface area contributed by atoms with Gasteiger partial charge in [-0.05, 0) is 36.8 Å². The number of hydrogen-bond donors (Lipinski definition) is 2. The van der Waals surface area contributed by atoms with Crippen LogP contribution in [0.1, 0.15) is 11.1 Å². The van der Waals surface area contributed by atoms with Crippen molar-refractivity contribution in [3.05, 3.63) is 94.3 Å². The van der Waals surface area contributed by atoms with E-state index in [2.05, 4.69) is 5.32 Å². The maximum Gasteiger partial charge on any atom is 0.364 e. The second kappa shape index (κ2) is 9.26. The van der Waals surface area contributed by atoms with E-state index >= 15 is 0 Å². The summed E-state index contributed by atoms with van der Waals surface area (Å²) in [5.74, 6) is 0.138. The summed E-state index contributed by atoms with van der Waals surface area (Å²) in [6.45, 7) is 1.50. The van der Waals surface area contributed by atoms with Crippen LogP contribution in [0.25, 0.3) is 11.0 Å². The summed E-state index contributed by atoms with van der Waals surface area (Å²) < 4.78 is 16.8. The zero-order chi connectivity index (χ0) is 22.5. The summed E-state index contributed by atoms with van der Waals surface area (Å²) in [5.41, 5.74) is 0.558. The lowest BCUT2D eigenvalue weighted by Crippen LogP contribution is -2.24. The van der Waals surface area contributed by atoms with E-state index in [0.717, 1.165) is 5.56 Å². The van der Waals surface area contributed by atoms with Gasteiger partial charge in [0.05, 0.1) is 5.39 Å². The number of aromatic hydroxyl groups is 1. The van der Waals surface area contributed by atoms with E-state index in [1.807, 2.05) is 36.4 Å². The Balaban J connectivity index is 1.66. The van der Waals surface area contributed by atoms with E-state index in [4.69, 9.17) is 13.9 Å². The third kappa shape index (κ3) is 4.57. The molecule has 1 heterocycles. The van der Waals surface area contributed by atoms with Crippen LogP contribution < -0.4 is 20.4 Å². The zero-order valence-corrected chi connectivity index (χ0v) is 17.3. The van der Waals surface area contributed by atoms with Gasteiger partial charge in [-0.2, -0.15) is 0 Å². The van der Waals surface area contributed by atoms with Crippen LogP contribution in [-0.2, 0) is 11.4 Å². The SMILES string of the molecule is Cc1c(O)ccc2c(OCc3ccccc3)c(NC(=O)COc3ccccc3)c(=O)oc12. The number of fused-ring (bicyclic) bond motifs is 1. The largest absolute Gasteiger partial charge is 0.508 e. The van der Waals surface area contributed by atoms with Crippen molar-refractivity contribution in [2.75, 3.05) is 11.9 Å². The number of benzene rings is 3. The molecule has 2 N–H and O–H groups in total. The van der Waals surface area contributed by atoms with Crippen LogP contribution in [0.15, 0.2) is 82.0 Å². The number of carbonyl (C=O) groups excluding carboxylic acids is 1. The van der Waals surface area contributed by atoms with Gasteiger partial charge < -0.3 is 24.3 Å². The molecule has 0 saturated heterocycles. The van der Waals surface area contributed by atoms with Gasteiger partial charge in [-0.25, -0.2) is 4.79 Å². The normalized spacial score (nSPS) is 10.7. The first kappa shape index (κ1) is 21.0. The van der Waals surface area contributed by atoms with Gasteiger partial charge in [0.25, 0.3) is 5.91 Å². The highest BCUT2D eigenvalue weighted by molar-refractivity contribution is 5.98. The van der Waals surface area contributed by atoms with Crippen LogP contribution in [0.5, 0.6) is 17.2 Å². The van der Waals surface area contributed by atoms with E-state index in [0.29, 0.717) is 16.7 Å². The highest BCUT2D eigenvalue weighted by atomic mass is 16.5. The predicted molar refractivity (Wildman–Crippen MR) is 120 cm³/mol. The number of ether oxygens (including phenoxy) is 2. The number of nitrogens with one attached hydrogen (secondary N) is 1. The smallest absolute Gasteiger partial charge is 0.364 e. The second-order valence-electron chi connectivity index (χ2n) is 7.10. The number of anilines is 1. The zero-order valence-electron chi connectivity index (χ0n) is 17.3. The third-order valence-corrected chi connectivity index (χ3v) is 4.85. The van der Waals surface area contributed by atoms with Gasteiger partial charge >= 0.3 is 5.63 Å². The Morgan fingerprint density at radius 2 is 1.66 bits per heavy atom. The Morgan fingerprint density at radius 3 is 2.38 bits per heavy atom. The number of rotatable bonds is 7. The molecule has 7 heteroatoms. The van der Waals surface area contributed by atoms with Gasteiger partial charge in [0.1, 0.15) is 23.7 Å². The molecule has 0 fully saturated rings. The Kier molecular flexibility index (Phi) is 6.07. The molecule has 162 valence electrons. The minimum atomic E-state index is -0.790. The Morgan fingerprint density at radius 1 is 0.969 bits per heavy atom. The summed E-state index contributed by atoms with van der Waals surface area (Å²) in [7, 11) is 0. The monoisotopic (exact) mass is 431 g/mol. The molecule has 0 saturated carbocycles. The van der Waals surface area contributed by atoms with E-state index in [1.54, 1.807) is 37.3 Å². The Bertz CT molecular complexity index is 1300. The highest BCUT2D eigenvalue weighted by Gasteiger charge is 2.21. The van der Waals surface area contributed by atoms with Crippen molar-refractivity contribution in [1.82, 2.24) is 0 Å². The van der Waals surface area contributed by atoms with Gasteiger partial charge in [-0.15, -0.1) is 0 Å². The van der Waals surface area contributed by atoms with Gasteiger partial charge in [-0.3, -0.25) is 4.79 Å². The summed E-state index contributed by atoms with van der Waals surface area (Å²) in [4.78, 5) is 25.3. The summed E-state index contributed by atoms with van der Waals surface area (Å²) >= 11 is 0. The number of carbonyl (C=O) groups is 1. The molecule has 0 atom stereocenters. The number of amides is 1. The topological polar surface area (TPSA) is 98.0 Å². The van der Waals surface area contributed by atoms with E-state index < -0.39 is 11.5 Å². The van der Waals surface area contributed by atoms with Crippen molar-refractivity contribution in [2.24, 2.45) is 0 Å². The van der Waals surface area contributed by atoms with Crippen LogP contribution in [0.2, 0.25) is 0 Å². The van der Waals surface area contributed by atoms with Gasteiger partial charge in [0.15, 0.2) is 18.0 Å². The van der Waals surface area contributed by atoms with Gasteiger partial charge in [-0.1, -0.05) is 48.5 Å². The second-order valence-corrected chi connectivity index (χ2v) is 7.10. The fraction of sp³-hybridized carbons (Fsp3) is 0.120. The molecule has 4 aromatic rings. The predicted octanol–water partition coefficient (Wildman–Crippen LogP) is 4.40. The molecule has 1 aromatic heterocycles. The van der Waals surface area contributed by atoms with Crippen LogP contribution in [0, 0.1) is 6.92 Å². The Labute approximate surface area is 183 Å². The quantitative estimate of drug-likeness (QED) is 0.421. The molecule has 4 rings (SSSR count). The molecule has 1 amide bonds. The van der Waals surface area contributed by atoms with Crippen molar-refractivity contribution < 1.29 is 23.8 Å². The van der Waals surface area contributed by atoms with Crippen LogP contribution in [-0.4, -0.2) is 17.6 Å². The average molecular weight is 431 g/mol. The number of phenols is 1. The van der Waals surface area contributed by atoms with E-state index in [1.165, 1.54) is 6.07 Å². The average Bonchev–Trinajstić information content (AvgIpc) is 2.82. The first-order valence-electron chi connectivity index (χ1n) is 9.96. The lowest BCUT2D eigenvalue weighted by Gasteiger charge is -2.15. The number of aryl methyl sites for hydroxylation is 1. The maximum atomic E-state index is 12.8. The molecular weight excluding hydrogens is 410 g/mol. The fourth-order valence-electron chi connectivity index (χ4n) is 3.19. The van der Waals surface area contributed by atoms with Crippen LogP contribution in [0.4, 0.5) is 5.69 Å². The van der Waals surface area contributed by atoms with Crippen molar-refractivity contribution in [3.8, 4) is 17.2 Å². The van der Waals surface area contributed by atoms with E-state index in [-0.39, 0.29) is 36.0 Å². The van der Waals surface area contributed by atoms with Crippen LogP contribution >= 0.6 is 0 Å². The highest BCUT2D eigenvalue weighted by Crippen LogP contribution is 2.36. The van der Waals surface area contributed by atoms with Crippen LogP contribution in [0.3, 0.4) is 0 Å². The van der Waals surface area contributed by atoms with Crippen molar-refractivity contribution in [3.63, 3.8) is 0 Å². The van der Waals surface area contributed by atoms with Gasteiger partial charge in [0.2, 0.25) is 0 Å². The molecule has 3 aromatic carbocycles.